The van der Waals surface area contributed by atoms with E-state index in [9.17, 15) is 9.59 Å². The molecule has 0 bridgehead atoms. The quantitative estimate of drug-likeness (QED) is 0.567. The van der Waals surface area contributed by atoms with Gasteiger partial charge in [-0.1, -0.05) is 60.7 Å². The Labute approximate surface area is 212 Å². The highest BCUT2D eigenvalue weighted by molar-refractivity contribution is 6.00. The van der Waals surface area contributed by atoms with E-state index in [-0.39, 0.29) is 11.8 Å². The van der Waals surface area contributed by atoms with Crippen molar-refractivity contribution < 1.29 is 14.3 Å². The third-order valence-corrected chi connectivity index (χ3v) is 7.41. The molecule has 6 heteroatoms. The summed E-state index contributed by atoms with van der Waals surface area (Å²) in [5.41, 5.74) is 3.06. The first-order chi connectivity index (χ1) is 17.6. The van der Waals surface area contributed by atoms with Crippen LogP contribution >= 0.6 is 0 Å². The second-order valence-electron chi connectivity index (χ2n) is 9.65. The molecule has 2 heterocycles. The molecule has 0 radical (unpaired) electrons. The molecule has 0 atom stereocenters. The fourth-order valence-electron chi connectivity index (χ4n) is 5.20. The summed E-state index contributed by atoms with van der Waals surface area (Å²) in [6, 6.07) is 27.7. The summed E-state index contributed by atoms with van der Waals surface area (Å²) < 4.78 is 5.56. The maximum Gasteiger partial charge on any atom is 0.253 e. The third-order valence-electron chi connectivity index (χ3n) is 7.41. The van der Waals surface area contributed by atoms with Gasteiger partial charge in [0.1, 0.15) is 0 Å². The van der Waals surface area contributed by atoms with Crippen LogP contribution in [0.5, 0.6) is 0 Å². The Balaban J connectivity index is 1.19. The SMILES string of the molecule is O=C(c1ccc(NC(=O)C2(c3ccccc3)CCOCC2)cc1)N1CCN(Cc2ccccc2)CC1. The summed E-state index contributed by atoms with van der Waals surface area (Å²) in [5, 5.41) is 3.10. The third kappa shape index (κ3) is 5.35. The average Bonchev–Trinajstić information content (AvgIpc) is 2.95. The van der Waals surface area contributed by atoms with Crippen LogP contribution in [0.25, 0.3) is 0 Å². The average molecular weight is 484 g/mol. The van der Waals surface area contributed by atoms with E-state index in [2.05, 4.69) is 34.5 Å². The van der Waals surface area contributed by atoms with Crippen LogP contribution < -0.4 is 5.32 Å². The van der Waals surface area contributed by atoms with Crippen LogP contribution in [0.3, 0.4) is 0 Å². The van der Waals surface area contributed by atoms with Crippen LogP contribution in [0.15, 0.2) is 84.9 Å². The number of carbonyl (C=O) groups is 2. The molecule has 5 rings (SSSR count). The van der Waals surface area contributed by atoms with Gasteiger partial charge in [0.2, 0.25) is 5.91 Å². The van der Waals surface area contributed by atoms with Crippen molar-refractivity contribution in [2.24, 2.45) is 0 Å². The standard InChI is InChI=1S/C30H33N3O3/c34-28(33-19-17-32(18-20-33)23-24-7-3-1-4-8-24)25-11-13-27(14-12-25)31-29(35)30(15-21-36-22-16-30)26-9-5-2-6-10-26/h1-14H,15-23H2,(H,31,35). The van der Waals surface area contributed by atoms with Crippen LogP contribution in [0.4, 0.5) is 5.69 Å². The van der Waals surface area contributed by atoms with Crippen LogP contribution in [-0.2, 0) is 21.5 Å². The van der Waals surface area contributed by atoms with Crippen molar-refractivity contribution in [1.29, 1.82) is 0 Å². The minimum Gasteiger partial charge on any atom is -0.381 e. The lowest BCUT2D eigenvalue weighted by molar-refractivity contribution is -0.125. The normalized spacial score (nSPS) is 17.9. The Morgan fingerprint density at radius 1 is 0.778 bits per heavy atom. The number of anilines is 1. The summed E-state index contributed by atoms with van der Waals surface area (Å²) in [6.07, 6.45) is 1.30. The van der Waals surface area contributed by atoms with Crippen molar-refractivity contribution >= 4 is 17.5 Å². The van der Waals surface area contributed by atoms with Gasteiger partial charge in [0.05, 0.1) is 5.41 Å². The first kappa shape index (κ1) is 24.2. The van der Waals surface area contributed by atoms with Crippen molar-refractivity contribution in [2.45, 2.75) is 24.8 Å². The molecule has 3 aromatic rings. The van der Waals surface area contributed by atoms with Gasteiger partial charge in [-0.2, -0.15) is 0 Å². The summed E-state index contributed by atoms with van der Waals surface area (Å²) in [7, 11) is 0. The summed E-state index contributed by atoms with van der Waals surface area (Å²) >= 11 is 0. The number of hydrogen-bond donors (Lipinski definition) is 1. The summed E-state index contributed by atoms with van der Waals surface area (Å²) in [5.74, 6) is 0.0167. The van der Waals surface area contributed by atoms with Gasteiger partial charge in [0, 0.05) is 57.2 Å². The number of benzene rings is 3. The van der Waals surface area contributed by atoms with Crippen molar-refractivity contribution in [1.82, 2.24) is 9.80 Å². The number of amides is 2. The smallest absolute Gasteiger partial charge is 0.253 e. The van der Waals surface area contributed by atoms with E-state index in [1.807, 2.05) is 65.6 Å². The van der Waals surface area contributed by atoms with E-state index in [0.29, 0.717) is 50.4 Å². The zero-order valence-electron chi connectivity index (χ0n) is 20.6. The van der Waals surface area contributed by atoms with Gasteiger partial charge in [-0.15, -0.1) is 0 Å². The summed E-state index contributed by atoms with van der Waals surface area (Å²) in [4.78, 5) is 30.9. The number of piperazine rings is 1. The molecular formula is C30H33N3O3. The van der Waals surface area contributed by atoms with Gasteiger partial charge in [-0.05, 0) is 48.2 Å². The first-order valence-electron chi connectivity index (χ1n) is 12.7. The molecule has 2 amide bonds. The molecule has 6 nitrogen and oxygen atoms in total. The van der Waals surface area contributed by atoms with Crippen LogP contribution in [0.2, 0.25) is 0 Å². The zero-order chi connectivity index (χ0) is 24.8. The summed E-state index contributed by atoms with van der Waals surface area (Å²) in [6.45, 7) is 5.19. The monoisotopic (exact) mass is 483 g/mol. The lowest BCUT2D eigenvalue weighted by atomic mass is 9.73. The molecular weight excluding hydrogens is 450 g/mol. The van der Waals surface area contributed by atoms with Crippen molar-refractivity contribution in [2.75, 3.05) is 44.7 Å². The number of rotatable bonds is 6. The fourth-order valence-corrected chi connectivity index (χ4v) is 5.20. The van der Waals surface area contributed by atoms with Gasteiger partial charge >= 0.3 is 0 Å². The highest BCUT2D eigenvalue weighted by atomic mass is 16.5. The van der Waals surface area contributed by atoms with E-state index in [1.54, 1.807) is 0 Å². The Hall–Kier alpha value is -3.48. The van der Waals surface area contributed by atoms with Crippen LogP contribution in [0, 0.1) is 0 Å². The van der Waals surface area contributed by atoms with Crippen molar-refractivity contribution in [3.8, 4) is 0 Å². The number of ether oxygens (including phenoxy) is 1. The van der Waals surface area contributed by atoms with Gasteiger partial charge < -0.3 is 15.0 Å². The molecule has 2 aliphatic rings. The highest BCUT2D eigenvalue weighted by Crippen LogP contribution is 2.36. The fraction of sp³-hybridized carbons (Fsp3) is 0.333. The largest absolute Gasteiger partial charge is 0.381 e. The Kier molecular flexibility index (Phi) is 7.44. The van der Waals surface area contributed by atoms with E-state index in [4.69, 9.17) is 4.74 Å². The predicted octanol–water partition coefficient (Wildman–Crippen LogP) is 4.33. The maximum atomic E-state index is 13.5. The number of nitrogens with zero attached hydrogens (tertiary/aromatic N) is 2. The Bertz CT molecular complexity index is 1150. The molecule has 186 valence electrons. The molecule has 0 aliphatic carbocycles. The molecule has 3 aromatic carbocycles. The molecule has 0 spiro atoms. The lowest BCUT2D eigenvalue weighted by Gasteiger charge is -2.36. The van der Waals surface area contributed by atoms with E-state index >= 15 is 0 Å². The second-order valence-corrected chi connectivity index (χ2v) is 9.65. The Morgan fingerprint density at radius 3 is 2.03 bits per heavy atom. The van der Waals surface area contributed by atoms with Crippen LogP contribution in [0.1, 0.15) is 34.3 Å². The number of nitrogens with one attached hydrogen (secondary N) is 1. The van der Waals surface area contributed by atoms with E-state index < -0.39 is 5.41 Å². The van der Waals surface area contributed by atoms with Crippen molar-refractivity contribution in [3.63, 3.8) is 0 Å². The molecule has 0 saturated carbocycles. The minimum atomic E-state index is -0.604. The van der Waals surface area contributed by atoms with Gasteiger partial charge in [0.15, 0.2) is 0 Å². The van der Waals surface area contributed by atoms with Crippen molar-refractivity contribution in [3.05, 3.63) is 102 Å². The first-order valence-corrected chi connectivity index (χ1v) is 12.7. The van der Waals surface area contributed by atoms with Gasteiger partial charge in [-0.25, -0.2) is 0 Å². The molecule has 0 aromatic heterocycles. The minimum absolute atomic E-state index is 0.0226. The van der Waals surface area contributed by atoms with E-state index in [1.165, 1.54) is 5.56 Å². The van der Waals surface area contributed by atoms with Gasteiger partial charge in [0.25, 0.3) is 5.91 Å². The van der Waals surface area contributed by atoms with E-state index in [0.717, 1.165) is 25.2 Å². The predicted molar refractivity (Wildman–Crippen MR) is 141 cm³/mol. The molecule has 36 heavy (non-hydrogen) atoms. The maximum absolute atomic E-state index is 13.5. The molecule has 0 unspecified atom stereocenters. The molecule has 2 fully saturated rings. The Morgan fingerprint density at radius 2 is 1.39 bits per heavy atom. The zero-order valence-corrected chi connectivity index (χ0v) is 20.6. The number of carbonyl (C=O) groups excluding carboxylic acids is 2. The number of hydrogen-bond acceptors (Lipinski definition) is 4. The lowest BCUT2D eigenvalue weighted by Crippen LogP contribution is -2.48. The highest BCUT2D eigenvalue weighted by Gasteiger charge is 2.41. The van der Waals surface area contributed by atoms with Crippen LogP contribution in [-0.4, -0.2) is 61.0 Å². The molecule has 2 aliphatic heterocycles. The molecule has 1 N–H and O–H groups in total. The van der Waals surface area contributed by atoms with Gasteiger partial charge in [-0.3, -0.25) is 14.5 Å². The second kappa shape index (κ2) is 11.1. The topological polar surface area (TPSA) is 61.9 Å². The molecule has 2 saturated heterocycles.